The Balaban J connectivity index is 1.96. The summed E-state index contributed by atoms with van der Waals surface area (Å²) < 4.78 is 0. The van der Waals surface area contributed by atoms with E-state index in [1.165, 1.54) is 0 Å². The Morgan fingerprint density at radius 2 is 2.47 bits per heavy atom. The summed E-state index contributed by atoms with van der Waals surface area (Å²) in [7, 11) is 0. The summed E-state index contributed by atoms with van der Waals surface area (Å²) in [5.41, 5.74) is 6.92. The molecule has 5 heteroatoms. The van der Waals surface area contributed by atoms with Gasteiger partial charge < -0.3 is 16.0 Å². The molecule has 0 radical (unpaired) electrons. The molecule has 1 atom stereocenters. The van der Waals surface area contributed by atoms with Gasteiger partial charge in [-0.3, -0.25) is 9.78 Å². The molecular weight excluding hydrogens is 240 g/mol. The van der Waals surface area contributed by atoms with Gasteiger partial charge in [-0.15, -0.1) is 0 Å². The number of rotatable bonds is 4. The fourth-order valence-electron chi connectivity index (χ4n) is 2.46. The molecule has 1 aliphatic rings. The standard InChI is InChI=1S/C14H22N4O/c1-2-18-7-3-4-12(10-18)17-14(19)11-5-6-16-13(8-11)9-15/h5-6,8,12H,2-4,7,9-10,15H2,1H3,(H,17,19). The molecule has 2 heterocycles. The number of carbonyl (C=O) groups is 1. The summed E-state index contributed by atoms with van der Waals surface area (Å²) in [6, 6.07) is 3.74. The van der Waals surface area contributed by atoms with Crippen LogP contribution in [0.4, 0.5) is 0 Å². The molecule has 1 aromatic heterocycles. The molecule has 104 valence electrons. The normalized spacial score (nSPS) is 20.2. The van der Waals surface area contributed by atoms with Crippen LogP contribution in [0.15, 0.2) is 18.3 Å². The molecule has 1 unspecified atom stereocenters. The lowest BCUT2D eigenvalue weighted by molar-refractivity contribution is 0.0905. The van der Waals surface area contributed by atoms with Gasteiger partial charge in [0, 0.05) is 30.9 Å². The predicted molar refractivity (Wildman–Crippen MR) is 74.7 cm³/mol. The molecule has 19 heavy (non-hydrogen) atoms. The number of pyridine rings is 1. The fraction of sp³-hybridized carbons (Fsp3) is 0.571. The van der Waals surface area contributed by atoms with Crippen LogP contribution < -0.4 is 11.1 Å². The molecule has 0 aromatic carbocycles. The van der Waals surface area contributed by atoms with E-state index in [-0.39, 0.29) is 11.9 Å². The van der Waals surface area contributed by atoms with Crippen molar-refractivity contribution in [2.75, 3.05) is 19.6 Å². The minimum Gasteiger partial charge on any atom is -0.348 e. The Kier molecular flexibility index (Phi) is 4.87. The fourth-order valence-corrected chi connectivity index (χ4v) is 2.46. The highest BCUT2D eigenvalue weighted by atomic mass is 16.1. The highest BCUT2D eigenvalue weighted by Crippen LogP contribution is 2.10. The quantitative estimate of drug-likeness (QED) is 0.840. The van der Waals surface area contributed by atoms with E-state index < -0.39 is 0 Å². The van der Waals surface area contributed by atoms with Crippen LogP contribution in [0.1, 0.15) is 35.8 Å². The molecule has 2 rings (SSSR count). The number of likely N-dealkylation sites (N-methyl/N-ethyl adjacent to an activating group) is 1. The van der Waals surface area contributed by atoms with Gasteiger partial charge in [0.2, 0.25) is 0 Å². The molecule has 5 nitrogen and oxygen atoms in total. The lowest BCUT2D eigenvalue weighted by Gasteiger charge is -2.32. The van der Waals surface area contributed by atoms with E-state index in [2.05, 4.69) is 22.1 Å². The van der Waals surface area contributed by atoms with E-state index in [0.29, 0.717) is 12.1 Å². The van der Waals surface area contributed by atoms with Crippen LogP contribution in [0.25, 0.3) is 0 Å². The number of nitrogens with two attached hydrogens (primary N) is 1. The van der Waals surface area contributed by atoms with E-state index in [0.717, 1.165) is 38.2 Å². The highest BCUT2D eigenvalue weighted by molar-refractivity contribution is 5.94. The van der Waals surface area contributed by atoms with Gasteiger partial charge in [-0.1, -0.05) is 6.92 Å². The van der Waals surface area contributed by atoms with Crippen molar-refractivity contribution in [3.8, 4) is 0 Å². The number of piperidine rings is 1. The third-order valence-electron chi connectivity index (χ3n) is 3.58. The molecule has 0 spiro atoms. The number of aromatic nitrogens is 1. The number of amides is 1. The summed E-state index contributed by atoms with van der Waals surface area (Å²) in [6.07, 6.45) is 3.83. The van der Waals surface area contributed by atoms with Crippen LogP contribution >= 0.6 is 0 Å². The second kappa shape index (κ2) is 6.63. The molecule has 1 saturated heterocycles. The van der Waals surface area contributed by atoms with Crippen molar-refractivity contribution in [2.24, 2.45) is 5.73 Å². The second-order valence-corrected chi connectivity index (χ2v) is 4.95. The van der Waals surface area contributed by atoms with Gasteiger partial charge in [0.25, 0.3) is 5.91 Å². The molecule has 1 aliphatic heterocycles. The Morgan fingerprint density at radius 1 is 1.63 bits per heavy atom. The molecule has 0 aliphatic carbocycles. The summed E-state index contributed by atoms with van der Waals surface area (Å²) in [5, 5.41) is 3.10. The van der Waals surface area contributed by atoms with Crippen molar-refractivity contribution in [3.63, 3.8) is 0 Å². The van der Waals surface area contributed by atoms with Gasteiger partial charge in [-0.25, -0.2) is 0 Å². The molecule has 1 fully saturated rings. The first-order chi connectivity index (χ1) is 9.22. The SMILES string of the molecule is CCN1CCCC(NC(=O)c2ccnc(CN)c2)C1. The van der Waals surface area contributed by atoms with Crippen molar-refractivity contribution in [1.82, 2.24) is 15.2 Å². The Morgan fingerprint density at radius 3 is 3.21 bits per heavy atom. The third-order valence-corrected chi connectivity index (χ3v) is 3.58. The molecule has 0 bridgehead atoms. The summed E-state index contributed by atoms with van der Waals surface area (Å²) >= 11 is 0. The number of nitrogens with zero attached hydrogens (tertiary/aromatic N) is 2. The van der Waals surface area contributed by atoms with Crippen molar-refractivity contribution < 1.29 is 4.79 Å². The average Bonchev–Trinajstić information content (AvgIpc) is 2.47. The van der Waals surface area contributed by atoms with E-state index in [9.17, 15) is 4.79 Å². The highest BCUT2D eigenvalue weighted by Gasteiger charge is 2.20. The van der Waals surface area contributed by atoms with Crippen molar-refractivity contribution >= 4 is 5.91 Å². The average molecular weight is 262 g/mol. The van der Waals surface area contributed by atoms with Gasteiger partial charge in [0.1, 0.15) is 0 Å². The zero-order valence-electron chi connectivity index (χ0n) is 11.4. The van der Waals surface area contributed by atoms with Crippen LogP contribution in [0.2, 0.25) is 0 Å². The lowest BCUT2D eigenvalue weighted by Crippen LogP contribution is -2.47. The molecular formula is C14H22N4O. The Bertz CT molecular complexity index is 435. The first-order valence-corrected chi connectivity index (χ1v) is 6.91. The van der Waals surface area contributed by atoms with Gasteiger partial charge in [0.05, 0.1) is 5.69 Å². The molecule has 1 amide bonds. The zero-order chi connectivity index (χ0) is 13.7. The van der Waals surface area contributed by atoms with Crippen LogP contribution in [-0.4, -0.2) is 41.5 Å². The van der Waals surface area contributed by atoms with Crippen LogP contribution in [0.3, 0.4) is 0 Å². The minimum atomic E-state index is -0.0277. The minimum absolute atomic E-state index is 0.0277. The third kappa shape index (κ3) is 3.75. The lowest BCUT2D eigenvalue weighted by atomic mass is 10.1. The van der Waals surface area contributed by atoms with Crippen molar-refractivity contribution in [3.05, 3.63) is 29.6 Å². The van der Waals surface area contributed by atoms with E-state index >= 15 is 0 Å². The van der Waals surface area contributed by atoms with Gasteiger partial charge >= 0.3 is 0 Å². The maximum Gasteiger partial charge on any atom is 0.251 e. The number of hydrogen-bond acceptors (Lipinski definition) is 4. The van der Waals surface area contributed by atoms with Crippen molar-refractivity contribution in [2.45, 2.75) is 32.4 Å². The summed E-state index contributed by atoms with van der Waals surface area (Å²) in [4.78, 5) is 18.6. The van der Waals surface area contributed by atoms with Gasteiger partial charge in [0.15, 0.2) is 0 Å². The smallest absolute Gasteiger partial charge is 0.251 e. The van der Waals surface area contributed by atoms with Crippen LogP contribution in [0.5, 0.6) is 0 Å². The maximum absolute atomic E-state index is 12.2. The topological polar surface area (TPSA) is 71.2 Å². The Labute approximate surface area is 114 Å². The van der Waals surface area contributed by atoms with E-state index in [1.54, 1.807) is 18.3 Å². The van der Waals surface area contributed by atoms with Crippen LogP contribution in [0, 0.1) is 0 Å². The van der Waals surface area contributed by atoms with Gasteiger partial charge in [-0.2, -0.15) is 0 Å². The summed E-state index contributed by atoms with van der Waals surface area (Å²) in [5.74, 6) is -0.0277. The first kappa shape index (κ1) is 14.0. The largest absolute Gasteiger partial charge is 0.348 e. The Hall–Kier alpha value is -1.46. The number of likely N-dealkylation sites (tertiary alicyclic amines) is 1. The maximum atomic E-state index is 12.2. The number of nitrogens with one attached hydrogen (secondary N) is 1. The number of hydrogen-bond donors (Lipinski definition) is 2. The molecule has 0 saturated carbocycles. The van der Waals surface area contributed by atoms with Gasteiger partial charge in [-0.05, 0) is 38.1 Å². The summed E-state index contributed by atoms with van der Waals surface area (Å²) in [6.45, 7) is 5.63. The van der Waals surface area contributed by atoms with Crippen molar-refractivity contribution in [1.29, 1.82) is 0 Å². The first-order valence-electron chi connectivity index (χ1n) is 6.91. The zero-order valence-corrected chi connectivity index (χ0v) is 11.4. The monoisotopic (exact) mass is 262 g/mol. The van der Waals surface area contributed by atoms with E-state index in [4.69, 9.17) is 5.73 Å². The van der Waals surface area contributed by atoms with E-state index in [1.807, 2.05) is 0 Å². The number of carbonyl (C=O) groups excluding carboxylic acids is 1. The molecule has 3 N–H and O–H groups in total. The predicted octanol–water partition coefficient (Wildman–Crippen LogP) is 0.754. The molecule has 1 aromatic rings. The van der Waals surface area contributed by atoms with Crippen LogP contribution in [-0.2, 0) is 6.54 Å². The second-order valence-electron chi connectivity index (χ2n) is 4.95.